The van der Waals surface area contributed by atoms with Crippen molar-refractivity contribution in [3.05, 3.63) is 82.1 Å². The van der Waals surface area contributed by atoms with Crippen molar-refractivity contribution in [2.45, 2.75) is 26.2 Å². The number of aryl methyl sites for hydroxylation is 1. The van der Waals surface area contributed by atoms with Gasteiger partial charge in [0.05, 0.1) is 38.3 Å². The second-order valence-corrected chi connectivity index (χ2v) is 8.52. The normalized spacial score (nSPS) is 12.9. The van der Waals surface area contributed by atoms with Crippen LogP contribution < -0.4 is 9.47 Å². The van der Waals surface area contributed by atoms with Crippen LogP contribution in [0.1, 0.15) is 36.5 Å². The fourth-order valence-corrected chi connectivity index (χ4v) is 4.54. The second kappa shape index (κ2) is 9.30. The zero-order valence-corrected chi connectivity index (χ0v) is 19.7. The van der Waals surface area contributed by atoms with Gasteiger partial charge in [-0.25, -0.2) is 0 Å². The predicted molar refractivity (Wildman–Crippen MR) is 131 cm³/mol. The first-order valence-corrected chi connectivity index (χ1v) is 11.5. The van der Waals surface area contributed by atoms with Gasteiger partial charge in [-0.05, 0) is 55.2 Å². The minimum Gasteiger partial charge on any atom is -0.439 e. The van der Waals surface area contributed by atoms with Gasteiger partial charge >= 0.3 is 0 Å². The van der Waals surface area contributed by atoms with Crippen LogP contribution >= 0.6 is 23.2 Å². The lowest BCUT2D eigenvalue weighted by Crippen LogP contribution is -2.07. The number of nitriles is 1. The topological polar surface area (TPSA) is 80.9 Å². The van der Waals surface area contributed by atoms with E-state index in [1.54, 1.807) is 30.6 Å². The lowest BCUT2D eigenvalue weighted by atomic mass is 9.91. The molecule has 168 valence electrons. The molecule has 0 unspecified atom stereocenters. The summed E-state index contributed by atoms with van der Waals surface area (Å²) in [6.45, 7) is 2.08. The highest BCUT2D eigenvalue weighted by Gasteiger charge is 2.25. The quantitative estimate of drug-likeness (QED) is 0.290. The number of ether oxygens (including phenoxy) is 2. The van der Waals surface area contributed by atoms with Crippen LogP contribution in [0.3, 0.4) is 0 Å². The lowest BCUT2D eigenvalue weighted by molar-refractivity contribution is 0.424. The van der Waals surface area contributed by atoms with Crippen molar-refractivity contribution in [1.82, 2.24) is 15.0 Å². The number of hydrogen-bond acceptors (Lipinski definition) is 6. The van der Waals surface area contributed by atoms with E-state index in [1.165, 1.54) is 0 Å². The molecule has 8 heteroatoms. The molecule has 0 aliphatic heterocycles. The van der Waals surface area contributed by atoms with Crippen LogP contribution in [0.25, 0.3) is 16.1 Å². The van der Waals surface area contributed by atoms with E-state index in [0.29, 0.717) is 38.9 Å². The molecule has 1 aliphatic rings. The van der Waals surface area contributed by atoms with Crippen LogP contribution in [0, 0.1) is 11.3 Å². The van der Waals surface area contributed by atoms with Crippen LogP contribution in [0.5, 0.6) is 23.3 Å². The van der Waals surface area contributed by atoms with E-state index in [-0.39, 0.29) is 0 Å². The fraction of sp³-hybridized carbons (Fsp3) is 0.154. The molecule has 5 rings (SSSR count). The highest BCUT2D eigenvalue weighted by Crippen LogP contribution is 2.44. The van der Waals surface area contributed by atoms with Crippen LogP contribution in [0.15, 0.2) is 60.4 Å². The molecule has 0 N–H and O–H groups in total. The van der Waals surface area contributed by atoms with Crippen molar-refractivity contribution in [1.29, 1.82) is 5.26 Å². The number of nitrogens with zero attached hydrogens (tertiary/aromatic N) is 4. The number of pyridine rings is 1. The number of rotatable bonds is 5. The largest absolute Gasteiger partial charge is 0.439 e. The fourth-order valence-electron chi connectivity index (χ4n) is 3.89. The van der Waals surface area contributed by atoms with E-state index in [9.17, 15) is 0 Å². The molecule has 2 aromatic carbocycles. The van der Waals surface area contributed by atoms with Gasteiger partial charge in [0.2, 0.25) is 11.8 Å². The van der Waals surface area contributed by atoms with Crippen LogP contribution in [-0.2, 0) is 6.42 Å². The smallest absolute Gasteiger partial charge is 0.231 e. The molecule has 0 saturated carbocycles. The van der Waals surface area contributed by atoms with E-state index in [0.717, 1.165) is 47.0 Å². The van der Waals surface area contributed by atoms with Gasteiger partial charge in [-0.2, -0.15) is 10.2 Å². The lowest BCUT2D eigenvalue weighted by Gasteiger charge is -2.22. The Bertz CT molecular complexity index is 1490. The molecule has 0 amide bonds. The molecule has 6 nitrogen and oxygen atoms in total. The standard InChI is InChI=1S/C26H18Cl2N4O2/c1-2-16-4-5-17-12-23(33-18-6-7-20-21(13-18)31-10-9-30-20)32-26(24(17)25(16)28)34-22-8-3-15(14-29)11-19(22)27/h3,6-13H,2,4-5H2,1H3. The van der Waals surface area contributed by atoms with E-state index in [2.05, 4.69) is 27.9 Å². The first-order valence-electron chi connectivity index (χ1n) is 10.7. The van der Waals surface area contributed by atoms with Crippen LogP contribution in [0.4, 0.5) is 0 Å². The summed E-state index contributed by atoms with van der Waals surface area (Å²) in [5.41, 5.74) is 4.80. The third-order valence-electron chi connectivity index (χ3n) is 5.63. The Morgan fingerprint density at radius 2 is 1.79 bits per heavy atom. The third-order valence-corrected chi connectivity index (χ3v) is 6.38. The molecule has 0 atom stereocenters. The molecule has 2 heterocycles. The summed E-state index contributed by atoms with van der Waals surface area (Å²) in [6.07, 6.45) is 5.76. The molecule has 2 aromatic heterocycles. The van der Waals surface area contributed by atoms with Crippen molar-refractivity contribution in [2.24, 2.45) is 0 Å². The molecule has 0 saturated heterocycles. The molecule has 4 aromatic rings. The highest BCUT2D eigenvalue weighted by molar-refractivity contribution is 6.49. The van der Waals surface area contributed by atoms with Gasteiger partial charge in [-0.1, -0.05) is 35.7 Å². The molecule has 0 spiro atoms. The molecule has 34 heavy (non-hydrogen) atoms. The van der Waals surface area contributed by atoms with E-state index in [4.69, 9.17) is 37.9 Å². The molecule has 0 fully saturated rings. The van der Waals surface area contributed by atoms with Gasteiger partial charge in [0.25, 0.3) is 0 Å². The van der Waals surface area contributed by atoms with Crippen molar-refractivity contribution < 1.29 is 9.47 Å². The maximum atomic E-state index is 9.12. The molecule has 0 radical (unpaired) electrons. The zero-order valence-electron chi connectivity index (χ0n) is 18.2. The third kappa shape index (κ3) is 4.28. The molecular formula is C26H18Cl2N4O2. The molecular weight excluding hydrogens is 471 g/mol. The predicted octanol–water partition coefficient (Wildman–Crippen LogP) is 7.44. The minimum atomic E-state index is 0.301. The first-order chi connectivity index (χ1) is 16.6. The first kappa shape index (κ1) is 22.1. The number of halogens is 2. The number of benzene rings is 2. The van der Waals surface area contributed by atoms with Crippen LogP contribution in [0.2, 0.25) is 5.02 Å². The van der Waals surface area contributed by atoms with Gasteiger partial charge in [-0.15, -0.1) is 0 Å². The molecule has 1 aliphatic carbocycles. The summed E-state index contributed by atoms with van der Waals surface area (Å²) in [4.78, 5) is 13.3. The number of hydrogen-bond donors (Lipinski definition) is 0. The Morgan fingerprint density at radius 3 is 2.56 bits per heavy atom. The average Bonchev–Trinajstić information content (AvgIpc) is 2.85. The maximum Gasteiger partial charge on any atom is 0.231 e. The summed E-state index contributed by atoms with van der Waals surface area (Å²) in [5, 5.41) is 10.1. The summed E-state index contributed by atoms with van der Waals surface area (Å²) in [6, 6.07) is 14.3. The Kier molecular flexibility index (Phi) is 6.06. The summed E-state index contributed by atoms with van der Waals surface area (Å²) < 4.78 is 12.2. The van der Waals surface area contributed by atoms with Crippen LogP contribution in [-0.4, -0.2) is 15.0 Å². The van der Waals surface area contributed by atoms with Gasteiger partial charge in [-0.3, -0.25) is 9.97 Å². The van der Waals surface area contributed by atoms with Gasteiger partial charge in [0, 0.05) is 24.5 Å². The SMILES string of the molecule is CCC1=C(Cl)c2c(cc(Oc3ccc4nccnc4c3)nc2Oc2ccc(C#N)cc2Cl)CC1. The Morgan fingerprint density at radius 1 is 0.971 bits per heavy atom. The number of fused-ring (bicyclic) bond motifs is 2. The maximum absolute atomic E-state index is 9.12. The minimum absolute atomic E-state index is 0.301. The van der Waals surface area contributed by atoms with Crippen molar-refractivity contribution in [3.8, 4) is 29.3 Å². The van der Waals surface area contributed by atoms with Crippen molar-refractivity contribution >= 4 is 39.3 Å². The highest BCUT2D eigenvalue weighted by atomic mass is 35.5. The van der Waals surface area contributed by atoms with E-state index in [1.807, 2.05) is 24.3 Å². The molecule has 0 bridgehead atoms. The number of allylic oxidation sites excluding steroid dienone is 1. The monoisotopic (exact) mass is 488 g/mol. The summed E-state index contributed by atoms with van der Waals surface area (Å²) >= 11 is 13.1. The van der Waals surface area contributed by atoms with Crippen molar-refractivity contribution in [3.63, 3.8) is 0 Å². The second-order valence-electron chi connectivity index (χ2n) is 7.74. The Labute approximate surface area is 206 Å². The average molecular weight is 489 g/mol. The van der Waals surface area contributed by atoms with Gasteiger partial charge < -0.3 is 9.47 Å². The number of aromatic nitrogens is 3. The van der Waals surface area contributed by atoms with Gasteiger partial charge in [0.1, 0.15) is 11.5 Å². The van der Waals surface area contributed by atoms with Gasteiger partial charge in [0.15, 0.2) is 0 Å². The van der Waals surface area contributed by atoms with E-state index >= 15 is 0 Å². The van der Waals surface area contributed by atoms with E-state index < -0.39 is 0 Å². The zero-order chi connectivity index (χ0) is 23.7. The van der Waals surface area contributed by atoms with Crippen molar-refractivity contribution in [2.75, 3.05) is 0 Å². The summed E-state index contributed by atoms with van der Waals surface area (Å²) in [5.74, 6) is 1.62. The summed E-state index contributed by atoms with van der Waals surface area (Å²) in [7, 11) is 0. The Balaban J connectivity index is 1.58. The Hall–Kier alpha value is -3.66.